The van der Waals surface area contributed by atoms with Crippen LogP contribution in [0, 0.1) is 0 Å². The molecule has 0 aliphatic carbocycles. The van der Waals surface area contributed by atoms with Crippen molar-refractivity contribution in [3.63, 3.8) is 0 Å². The molecule has 2 N–H and O–H groups in total. The monoisotopic (exact) mass is 160 g/mol. The van der Waals surface area contributed by atoms with Gasteiger partial charge in [0.25, 0.3) is 0 Å². The molecule has 0 aliphatic heterocycles. The molecule has 5 heteroatoms. The summed E-state index contributed by atoms with van der Waals surface area (Å²) >= 11 is 5.45. The van der Waals surface area contributed by atoms with Gasteiger partial charge in [-0.25, -0.2) is 4.98 Å². The Balaban J connectivity index is 3.03. The number of aromatic nitrogens is 1. The van der Waals surface area contributed by atoms with E-state index in [-0.39, 0.29) is 16.1 Å². The molecule has 1 rings (SSSR count). The summed E-state index contributed by atoms with van der Waals surface area (Å²) in [6, 6.07) is 2.97. The van der Waals surface area contributed by atoms with E-state index in [2.05, 4.69) is 4.98 Å². The average Bonchev–Trinajstić information content (AvgIpc) is 1.88. The first kappa shape index (κ1) is 7.27. The minimum Gasteiger partial charge on any atom is -0.264 e. The second-order valence-corrected chi connectivity index (χ2v) is 1.96. The van der Waals surface area contributed by atoms with Crippen molar-refractivity contribution in [2.75, 3.05) is 5.23 Å². The highest BCUT2D eigenvalue weighted by atomic mass is 35.5. The molecule has 0 saturated heterocycles. The molecule has 1 aromatic heterocycles. The normalized spacial score (nSPS) is 9.50. The van der Waals surface area contributed by atoms with E-state index in [0.717, 1.165) is 0 Å². The van der Waals surface area contributed by atoms with E-state index < -0.39 is 0 Å². The maximum Gasteiger partial charge on any atom is 0.157 e. The maximum atomic E-state index is 8.47. The summed E-state index contributed by atoms with van der Waals surface area (Å²) < 4.78 is 0. The third-order valence-corrected chi connectivity index (χ3v) is 1.25. The van der Waals surface area contributed by atoms with E-state index in [9.17, 15) is 0 Å². The minimum absolute atomic E-state index is 0.0486. The van der Waals surface area contributed by atoms with Crippen LogP contribution in [0.15, 0.2) is 18.3 Å². The Kier molecular flexibility index (Phi) is 2.06. The van der Waals surface area contributed by atoms with Gasteiger partial charge < -0.3 is 0 Å². The molecular weight excluding hydrogens is 156 g/mol. The number of pyridine rings is 1. The van der Waals surface area contributed by atoms with Crippen molar-refractivity contribution in [3.8, 4) is 0 Å². The van der Waals surface area contributed by atoms with Crippen molar-refractivity contribution >= 4 is 17.3 Å². The van der Waals surface area contributed by atoms with Crippen molar-refractivity contribution in [3.05, 3.63) is 23.5 Å². The molecule has 0 spiro atoms. The van der Waals surface area contributed by atoms with Crippen molar-refractivity contribution < 1.29 is 10.4 Å². The van der Waals surface area contributed by atoms with Crippen LogP contribution >= 0.6 is 11.6 Å². The zero-order valence-electron chi connectivity index (χ0n) is 4.90. The second kappa shape index (κ2) is 2.83. The lowest BCUT2D eigenvalue weighted by molar-refractivity contribution is 0.0290. The van der Waals surface area contributed by atoms with Gasteiger partial charge in [0.1, 0.15) is 5.69 Å². The molecule has 0 fully saturated rings. The molecule has 1 heterocycles. The van der Waals surface area contributed by atoms with Gasteiger partial charge in [-0.1, -0.05) is 11.6 Å². The van der Waals surface area contributed by atoms with Gasteiger partial charge in [0, 0.05) is 6.20 Å². The Labute approximate surface area is 62.2 Å². The van der Waals surface area contributed by atoms with Gasteiger partial charge in [-0.3, -0.25) is 10.4 Å². The van der Waals surface area contributed by atoms with E-state index in [1.54, 1.807) is 6.07 Å². The van der Waals surface area contributed by atoms with Crippen molar-refractivity contribution in [1.82, 2.24) is 4.98 Å². The second-order valence-electron chi connectivity index (χ2n) is 1.60. The first-order valence-electron chi connectivity index (χ1n) is 2.50. The summed E-state index contributed by atoms with van der Waals surface area (Å²) in [5, 5.41) is 16.9. The fourth-order valence-electron chi connectivity index (χ4n) is 0.527. The molecule has 1 aromatic rings. The number of rotatable bonds is 1. The van der Waals surface area contributed by atoms with Crippen LogP contribution < -0.4 is 5.23 Å². The fraction of sp³-hybridized carbons (Fsp3) is 0. The average molecular weight is 161 g/mol. The zero-order chi connectivity index (χ0) is 7.56. The van der Waals surface area contributed by atoms with Crippen LogP contribution in [-0.2, 0) is 0 Å². The van der Waals surface area contributed by atoms with Crippen LogP contribution in [0.25, 0.3) is 0 Å². The van der Waals surface area contributed by atoms with Crippen LogP contribution in [0.5, 0.6) is 0 Å². The lowest BCUT2D eigenvalue weighted by Gasteiger charge is -2.07. The summed E-state index contributed by atoms with van der Waals surface area (Å²) in [6.07, 6.45) is 1.45. The first-order chi connectivity index (χ1) is 4.72. The van der Waals surface area contributed by atoms with Crippen molar-refractivity contribution in [2.45, 2.75) is 0 Å². The summed E-state index contributed by atoms with van der Waals surface area (Å²) in [5.41, 5.74) is 0.0594. The SMILES string of the molecule is ON(O)c1cccnc1Cl. The predicted molar refractivity (Wildman–Crippen MR) is 35.3 cm³/mol. The molecule has 0 saturated carbocycles. The highest BCUT2D eigenvalue weighted by Gasteiger charge is 2.03. The molecule has 54 valence electrons. The smallest absolute Gasteiger partial charge is 0.157 e. The number of halogens is 1. The van der Waals surface area contributed by atoms with Gasteiger partial charge in [-0.15, -0.1) is 5.23 Å². The first-order valence-corrected chi connectivity index (χ1v) is 2.88. The van der Waals surface area contributed by atoms with Gasteiger partial charge in [-0.2, -0.15) is 0 Å². The molecule has 0 atom stereocenters. The number of hydrogen-bond donors (Lipinski definition) is 2. The fourth-order valence-corrected chi connectivity index (χ4v) is 0.722. The summed E-state index contributed by atoms with van der Waals surface area (Å²) in [7, 11) is 0. The standard InChI is InChI=1S/C5H5ClN2O2/c6-5-4(8(9)10)2-1-3-7-5/h1-3,9-10H. The van der Waals surface area contributed by atoms with Crippen molar-refractivity contribution in [2.24, 2.45) is 0 Å². The number of hydrogen-bond acceptors (Lipinski definition) is 4. The van der Waals surface area contributed by atoms with Crippen LogP contribution in [-0.4, -0.2) is 15.4 Å². The molecule has 0 aromatic carbocycles. The quantitative estimate of drug-likeness (QED) is 0.481. The minimum atomic E-state index is -0.0741. The van der Waals surface area contributed by atoms with Crippen LogP contribution in [0.4, 0.5) is 5.69 Å². The summed E-state index contributed by atoms with van der Waals surface area (Å²) in [6.45, 7) is 0. The highest BCUT2D eigenvalue weighted by molar-refractivity contribution is 6.31. The third-order valence-electron chi connectivity index (χ3n) is 0.955. The Morgan fingerprint density at radius 1 is 1.50 bits per heavy atom. The molecule has 0 radical (unpaired) electrons. The largest absolute Gasteiger partial charge is 0.264 e. The van der Waals surface area contributed by atoms with E-state index in [0.29, 0.717) is 0 Å². The van der Waals surface area contributed by atoms with Gasteiger partial charge in [0.2, 0.25) is 0 Å². The Morgan fingerprint density at radius 2 is 2.20 bits per heavy atom. The zero-order valence-corrected chi connectivity index (χ0v) is 5.65. The molecule has 0 bridgehead atoms. The van der Waals surface area contributed by atoms with E-state index >= 15 is 0 Å². The number of anilines is 1. The topological polar surface area (TPSA) is 56.6 Å². The predicted octanol–water partition coefficient (Wildman–Crippen LogP) is 1.32. The lowest BCUT2D eigenvalue weighted by atomic mass is 10.4. The van der Waals surface area contributed by atoms with Gasteiger partial charge >= 0.3 is 0 Å². The molecule has 10 heavy (non-hydrogen) atoms. The Morgan fingerprint density at radius 3 is 2.60 bits per heavy atom. The Hall–Kier alpha value is -0.840. The van der Waals surface area contributed by atoms with Crippen molar-refractivity contribution in [1.29, 1.82) is 0 Å². The van der Waals surface area contributed by atoms with Gasteiger partial charge in [0.05, 0.1) is 0 Å². The molecule has 4 nitrogen and oxygen atoms in total. The van der Waals surface area contributed by atoms with E-state index in [1.165, 1.54) is 12.3 Å². The summed E-state index contributed by atoms with van der Waals surface area (Å²) in [4.78, 5) is 3.60. The number of nitrogens with zero attached hydrogens (tertiary/aromatic N) is 2. The van der Waals surface area contributed by atoms with Gasteiger partial charge in [0.15, 0.2) is 5.15 Å². The maximum absolute atomic E-state index is 8.47. The van der Waals surface area contributed by atoms with Crippen LogP contribution in [0.3, 0.4) is 0 Å². The van der Waals surface area contributed by atoms with E-state index in [1.807, 2.05) is 0 Å². The molecular formula is C5H5ClN2O2. The third kappa shape index (κ3) is 1.36. The highest BCUT2D eigenvalue weighted by Crippen LogP contribution is 2.19. The van der Waals surface area contributed by atoms with E-state index in [4.69, 9.17) is 22.0 Å². The van der Waals surface area contributed by atoms with Crippen LogP contribution in [0.2, 0.25) is 5.15 Å². The van der Waals surface area contributed by atoms with Crippen LogP contribution in [0.1, 0.15) is 0 Å². The molecule has 0 amide bonds. The molecule has 0 aliphatic rings. The van der Waals surface area contributed by atoms with Gasteiger partial charge in [-0.05, 0) is 12.1 Å². The lowest BCUT2D eigenvalue weighted by Crippen LogP contribution is -2.11. The molecule has 0 unspecified atom stereocenters. The Bertz CT molecular complexity index is 229. The summed E-state index contributed by atoms with van der Waals surface area (Å²) in [5.74, 6) is 0.